The number of carbonyl (C=O) groups excluding carboxylic acids is 2. The van der Waals surface area contributed by atoms with Gasteiger partial charge < -0.3 is 9.40 Å². The average molecular weight is 691 g/mol. The van der Waals surface area contributed by atoms with Crippen molar-refractivity contribution in [3.8, 4) is 0 Å². The highest BCUT2D eigenvalue weighted by atomic mass is 16.7. The Kier molecular flexibility index (Phi) is 10.9. The third kappa shape index (κ3) is 7.10. The Morgan fingerprint density at radius 3 is 2.08 bits per heavy atom. The van der Waals surface area contributed by atoms with E-state index in [1.165, 1.54) is 25.3 Å². The van der Waals surface area contributed by atoms with Crippen LogP contribution in [0.15, 0.2) is 96.2 Å². The lowest BCUT2D eigenvalue weighted by atomic mass is 9.89. The molecule has 52 heavy (non-hydrogen) atoms. The number of ketones is 1. The summed E-state index contributed by atoms with van der Waals surface area (Å²) in [6, 6.07) is 29.2. The molecule has 1 atom stereocenters. The molecule has 5 nitrogen and oxygen atoms in total. The van der Waals surface area contributed by atoms with Crippen molar-refractivity contribution in [2.75, 3.05) is 0 Å². The number of rotatable bonds is 12. The second-order valence-electron chi connectivity index (χ2n) is 14.3. The number of nitrogens with zero attached hydrogens (tertiary/aromatic N) is 2. The maximum absolute atomic E-state index is 14.7. The average Bonchev–Trinajstić information content (AvgIpc) is 3.44. The Morgan fingerprint density at radius 2 is 1.44 bits per heavy atom. The van der Waals surface area contributed by atoms with Crippen LogP contribution < -0.4 is 0 Å². The zero-order valence-electron chi connectivity index (χ0n) is 31.9. The molecular weight excluding hydrogens is 641 g/mol. The van der Waals surface area contributed by atoms with Crippen molar-refractivity contribution in [2.45, 2.75) is 87.6 Å². The van der Waals surface area contributed by atoms with E-state index in [1.54, 1.807) is 0 Å². The molecule has 1 heterocycles. The minimum Gasteiger partial charge on any atom is -0.340 e. The van der Waals surface area contributed by atoms with Gasteiger partial charge in [0, 0.05) is 57.4 Å². The molecule has 0 aliphatic rings. The first kappa shape index (κ1) is 36.5. The standard InChI is InChI=1S/C47H50N2O3/c1-9-12-15-34(11-3)28-49-43-23-22-37(45(48-52-33(8)50)36-20-18-35(19-21-36)30(5)10-2)26-40(43)41-27-42(38-16-13-14-17-39(38)46(41)49)47(51)44-31(6)24-29(4)25-32(44)7/h10,13-14,16-27,34H,9,11-12,15,28H2,1-8H3/b30-10+,48-45-. The first-order valence-electron chi connectivity index (χ1n) is 18.7. The van der Waals surface area contributed by atoms with E-state index in [2.05, 4.69) is 110 Å². The van der Waals surface area contributed by atoms with Crippen LogP contribution in [0, 0.1) is 26.7 Å². The third-order valence-electron chi connectivity index (χ3n) is 10.6. The monoisotopic (exact) mass is 690 g/mol. The molecule has 0 amide bonds. The number of unbranched alkanes of at least 4 members (excludes halogenated alkanes) is 1. The lowest BCUT2D eigenvalue weighted by Gasteiger charge is -2.19. The Labute approximate surface area is 308 Å². The summed E-state index contributed by atoms with van der Waals surface area (Å²) in [5.74, 6) is 0.0651. The first-order valence-corrected chi connectivity index (χ1v) is 18.7. The highest BCUT2D eigenvalue weighted by Gasteiger charge is 2.24. The summed E-state index contributed by atoms with van der Waals surface area (Å²) in [7, 11) is 0. The topological polar surface area (TPSA) is 60.7 Å². The van der Waals surface area contributed by atoms with Gasteiger partial charge in [0.05, 0.1) is 5.52 Å². The molecule has 0 saturated carbocycles. The van der Waals surface area contributed by atoms with Crippen LogP contribution in [0.5, 0.6) is 0 Å². The third-order valence-corrected chi connectivity index (χ3v) is 10.6. The Bertz CT molecular complexity index is 2350. The molecule has 6 rings (SSSR count). The minimum atomic E-state index is -0.481. The number of aromatic nitrogens is 1. The fourth-order valence-electron chi connectivity index (χ4n) is 7.78. The highest BCUT2D eigenvalue weighted by molar-refractivity contribution is 6.27. The van der Waals surface area contributed by atoms with Crippen LogP contribution in [-0.2, 0) is 16.2 Å². The number of allylic oxidation sites excluding steroid dienone is 2. The summed E-state index contributed by atoms with van der Waals surface area (Å²) in [4.78, 5) is 32.0. The smallest absolute Gasteiger partial charge is 0.332 e. The number of oxime groups is 1. The van der Waals surface area contributed by atoms with Gasteiger partial charge in [0.15, 0.2) is 5.78 Å². The van der Waals surface area contributed by atoms with E-state index in [0.29, 0.717) is 17.2 Å². The van der Waals surface area contributed by atoms with Gasteiger partial charge in [-0.2, -0.15) is 0 Å². The Hall–Kier alpha value is -5.29. The maximum Gasteiger partial charge on any atom is 0.332 e. The van der Waals surface area contributed by atoms with Crippen molar-refractivity contribution >= 4 is 55.6 Å². The van der Waals surface area contributed by atoms with Crippen LogP contribution in [-0.4, -0.2) is 22.0 Å². The maximum atomic E-state index is 14.7. The number of hydrogen-bond donors (Lipinski definition) is 0. The van der Waals surface area contributed by atoms with Crippen LogP contribution in [0.25, 0.3) is 38.2 Å². The first-order chi connectivity index (χ1) is 25.1. The van der Waals surface area contributed by atoms with E-state index in [1.807, 2.05) is 39.0 Å². The van der Waals surface area contributed by atoms with Crippen LogP contribution in [0.1, 0.15) is 110 Å². The van der Waals surface area contributed by atoms with Crippen LogP contribution in [0.4, 0.5) is 0 Å². The molecule has 1 aromatic heterocycles. The van der Waals surface area contributed by atoms with Gasteiger partial charge in [-0.05, 0) is 92.8 Å². The van der Waals surface area contributed by atoms with Crippen molar-refractivity contribution in [2.24, 2.45) is 11.1 Å². The zero-order chi connectivity index (χ0) is 37.1. The zero-order valence-corrected chi connectivity index (χ0v) is 31.9. The van der Waals surface area contributed by atoms with E-state index in [-0.39, 0.29) is 5.78 Å². The van der Waals surface area contributed by atoms with Crippen molar-refractivity contribution < 1.29 is 14.4 Å². The lowest BCUT2D eigenvalue weighted by Crippen LogP contribution is -2.11. The van der Waals surface area contributed by atoms with Gasteiger partial charge in [-0.1, -0.05) is 117 Å². The van der Waals surface area contributed by atoms with E-state index >= 15 is 0 Å². The Balaban J connectivity index is 1.65. The fourth-order valence-corrected chi connectivity index (χ4v) is 7.78. The van der Waals surface area contributed by atoms with Gasteiger partial charge in [0.1, 0.15) is 5.71 Å². The highest BCUT2D eigenvalue weighted by Crippen LogP contribution is 2.39. The number of aryl methyl sites for hydroxylation is 3. The van der Waals surface area contributed by atoms with E-state index in [9.17, 15) is 9.59 Å². The molecule has 5 aromatic carbocycles. The molecular formula is C47H50N2O3. The second-order valence-corrected chi connectivity index (χ2v) is 14.3. The predicted molar refractivity (Wildman–Crippen MR) is 218 cm³/mol. The number of benzene rings is 5. The number of carbonyl (C=O) groups is 2. The molecule has 0 fully saturated rings. The summed E-state index contributed by atoms with van der Waals surface area (Å²) >= 11 is 0. The summed E-state index contributed by atoms with van der Waals surface area (Å²) in [5.41, 5.74) is 11.4. The lowest BCUT2D eigenvalue weighted by molar-refractivity contribution is -0.140. The summed E-state index contributed by atoms with van der Waals surface area (Å²) in [5, 5.41) is 8.49. The molecule has 0 saturated heterocycles. The molecule has 0 aliphatic heterocycles. The molecule has 266 valence electrons. The summed E-state index contributed by atoms with van der Waals surface area (Å²) in [6.07, 6.45) is 6.69. The SMILES string of the molecule is C/C=C(\C)c1ccc(/C(=N/OC(C)=O)c2ccc3c(c2)c2cc(C(=O)c4c(C)cc(C)cc4C)c4ccccc4c2n3CC(CC)CCCC)cc1. The molecule has 0 aliphatic carbocycles. The van der Waals surface area contributed by atoms with Crippen LogP contribution in [0.3, 0.4) is 0 Å². The number of hydrogen-bond acceptors (Lipinski definition) is 4. The van der Waals surface area contributed by atoms with Gasteiger partial charge in [-0.3, -0.25) is 4.79 Å². The van der Waals surface area contributed by atoms with E-state index in [4.69, 9.17) is 4.84 Å². The van der Waals surface area contributed by atoms with Gasteiger partial charge in [-0.15, -0.1) is 0 Å². The van der Waals surface area contributed by atoms with Crippen molar-refractivity contribution in [3.05, 3.63) is 136 Å². The molecule has 0 bridgehead atoms. The van der Waals surface area contributed by atoms with Gasteiger partial charge in [-0.25, -0.2) is 4.79 Å². The van der Waals surface area contributed by atoms with Crippen molar-refractivity contribution in [1.82, 2.24) is 4.57 Å². The number of fused-ring (bicyclic) bond motifs is 5. The second kappa shape index (κ2) is 15.5. The molecule has 0 N–H and O–H groups in total. The van der Waals surface area contributed by atoms with Crippen LogP contribution in [0.2, 0.25) is 0 Å². The Morgan fingerprint density at radius 1 is 0.788 bits per heavy atom. The molecule has 0 spiro atoms. The fraction of sp³-hybridized carbons (Fsp3) is 0.298. The molecule has 6 aromatic rings. The summed E-state index contributed by atoms with van der Waals surface area (Å²) < 4.78 is 2.48. The minimum absolute atomic E-state index is 0.0353. The van der Waals surface area contributed by atoms with E-state index in [0.717, 1.165) is 90.9 Å². The van der Waals surface area contributed by atoms with Gasteiger partial charge >= 0.3 is 5.97 Å². The van der Waals surface area contributed by atoms with Gasteiger partial charge in [0.2, 0.25) is 0 Å². The molecule has 5 heteroatoms. The van der Waals surface area contributed by atoms with Crippen molar-refractivity contribution in [3.63, 3.8) is 0 Å². The van der Waals surface area contributed by atoms with Crippen molar-refractivity contribution in [1.29, 1.82) is 0 Å². The molecule has 0 radical (unpaired) electrons. The largest absolute Gasteiger partial charge is 0.340 e. The normalized spacial score (nSPS) is 12.9. The predicted octanol–water partition coefficient (Wildman–Crippen LogP) is 12.1. The molecule has 1 unspecified atom stereocenters. The summed E-state index contributed by atoms with van der Waals surface area (Å²) in [6.45, 7) is 17.0. The van der Waals surface area contributed by atoms with E-state index < -0.39 is 5.97 Å². The quantitative estimate of drug-likeness (QED) is 0.0556. The van der Waals surface area contributed by atoms with Crippen LogP contribution >= 0.6 is 0 Å². The van der Waals surface area contributed by atoms with Gasteiger partial charge in [0.25, 0.3) is 0 Å².